The van der Waals surface area contributed by atoms with Crippen molar-refractivity contribution in [1.29, 1.82) is 0 Å². The van der Waals surface area contributed by atoms with Gasteiger partial charge in [-0.2, -0.15) is 0 Å². The summed E-state index contributed by atoms with van der Waals surface area (Å²) in [4.78, 5) is 10.7. The maximum Gasteiger partial charge on any atom is 0.292 e. The molecule has 5 nitrogen and oxygen atoms in total. The highest BCUT2D eigenvalue weighted by Crippen LogP contribution is 2.28. The van der Waals surface area contributed by atoms with Gasteiger partial charge in [-0.25, -0.2) is 0 Å². The second-order valence-corrected chi connectivity index (χ2v) is 4.71. The Hall–Kier alpha value is -1.62. The second-order valence-electron chi connectivity index (χ2n) is 4.71. The molecule has 0 aromatic heterocycles. The van der Waals surface area contributed by atoms with E-state index in [0.717, 1.165) is 12.0 Å². The minimum Gasteiger partial charge on any atom is -0.379 e. The standard InChI is InChI=1S/C15H24N2O3/c1-3-5-6-7-11-20-12-13-9-8-10-14(17(18)19)15(13)16-4-2/h8-10,16H,3-7,11-12H2,1-2H3. The van der Waals surface area contributed by atoms with Gasteiger partial charge in [0, 0.05) is 24.8 Å². The van der Waals surface area contributed by atoms with Crippen molar-refractivity contribution in [3.63, 3.8) is 0 Å². The first-order chi connectivity index (χ1) is 9.70. The Morgan fingerprint density at radius 2 is 2.05 bits per heavy atom. The predicted molar refractivity (Wildman–Crippen MR) is 81.1 cm³/mol. The van der Waals surface area contributed by atoms with Gasteiger partial charge in [-0.15, -0.1) is 0 Å². The molecule has 0 saturated heterocycles. The molecule has 5 heteroatoms. The van der Waals surface area contributed by atoms with Gasteiger partial charge in [0.2, 0.25) is 0 Å². The van der Waals surface area contributed by atoms with Gasteiger partial charge in [-0.05, 0) is 13.3 Å². The second kappa shape index (κ2) is 9.31. The summed E-state index contributed by atoms with van der Waals surface area (Å²) >= 11 is 0. The number of nitro benzene ring substituents is 1. The van der Waals surface area contributed by atoms with Crippen LogP contribution in [-0.4, -0.2) is 18.1 Å². The molecule has 1 rings (SSSR count). The third-order valence-electron chi connectivity index (χ3n) is 3.08. The molecule has 0 amide bonds. The number of anilines is 1. The van der Waals surface area contributed by atoms with Crippen LogP contribution in [0.15, 0.2) is 18.2 Å². The summed E-state index contributed by atoms with van der Waals surface area (Å²) in [6, 6.07) is 5.09. The Labute approximate surface area is 120 Å². The lowest BCUT2D eigenvalue weighted by Crippen LogP contribution is -2.06. The van der Waals surface area contributed by atoms with Crippen LogP contribution in [0, 0.1) is 10.1 Å². The monoisotopic (exact) mass is 280 g/mol. The number of ether oxygens (including phenoxy) is 1. The van der Waals surface area contributed by atoms with E-state index in [2.05, 4.69) is 12.2 Å². The van der Waals surface area contributed by atoms with E-state index < -0.39 is 0 Å². The molecule has 112 valence electrons. The third kappa shape index (κ3) is 5.17. The Kier molecular flexibility index (Phi) is 7.65. The molecule has 0 aliphatic heterocycles. The lowest BCUT2D eigenvalue weighted by atomic mass is 10.1. The average Bonchev–Trinajstić information content (AvgIpc) is 2.44. The van der Waals surface area contributed by atoms with E-state index >= 15 is 0 Å². The van der Waals surface area contributed by atoms with Gasteiger partial charge in [0.1, 0.15) is 5.69 Å². The molecule has 20 heavy (non-hydrogen) atoms. The van der Waals surface area contributed by atoms with E-state index in [0.29, 0.717) is 25.4 Å². The van der Waals surface area contributed by atoms with Crippen LogP contribution in [0.2, 0.25) is 0 Å². The Morgan fingerprint density at radius 3 is 2.70 bits per heavy atom. The predicted octanol–water partition coefficient (Wildman–Crippen LogP) is 4.12. The summed E-state index contributed by atoms with van der Waals surface area (Å²) < 4.78 is 5.63. The van der Waals surface area contributed by atoms with Crippen molar-refractivity contribution in [2.24, 2.45) is 0 Å². The van der Waals surface area contributed by atoms with E-state index in [9.17, 15) is 10.1 Å². The number of hydrogen-bond acceptors (Lipinski definition) is 4. The van der Waals surface area contributed by atoms with Crippen LogP contribution in [0.1, 0.15) is 45.1 Å². The highest BCUT2D eigenvalue weighted by atomic mass is 16.6. The number of nitro groups is 1. The molecule has 0 aliphatic carbocycles. The summed E-state index contributed by atoms with van der Waals surface area (Å²) in [7, 11) is 0. The van der Waals surface area contributed by atoms with Crippen LogP contribution in [0.5, 0.6) is 0 Å². The van der Waals surface area contributed by atoms with Crippen LogP contribution < -0.4 is 5.32 Å². The molecule has 0 spiro atoms. The van der Waals surface area contributed by atoms with Crippen molar-refractivity contribution in [2.75, 3.05) is 18.5 Å². The summed E-state index contributed by atoms with van der Waals surface area (Å²) in [6.45, 7) is 5.86. The van der Waals surface area contributed by atoms with E-state index in [1.165, 1.54) is 25.3 Å². The fourth-order valence-corrected chi connectivity index (χ4v) is 2.05. The third-order valence-corrected chi connectivity index (χ3v) is 3.08. The molecular formula is C15H24N2O3. The quantitative estimate of drug-likeness (QED) is 0.398. The molecule has 0 bridgehead atoms. The lowest BCUT2D eigenvalue weighted by molar-refractivity contribution is -0.384. The van der Waals surface area contributed by atoms with Crippen LogP contribution >= 0.6 is 0 Å². The SMILES string of the molecule is CCCCCCOCc1cccc([N+](=O)[O-])c1NCC. The normalized spacial score (nSPS) is 10.5. The number of nitrogens with zero attached hydrogens (tertiary/aromatic N) is 1. The first-order valence-corrected chi connectivity index (χ1v) is 7.28. The summed E-state index contributed by atoms with van der Waals surface area (Å²) in [5.74, 6) is 0. The van der Waals surface area contributed by atoms with E-state index in [4.69, 9.17) is 4.74 Å². The molecule has 0 aliphatic rings. The molecule has 0 heterocycles. The zero-order valence-corrected chi connectivity index (χ0v) is 12.4. The Balaban J connectivity index is 2.60. The smallest absolute Gasteiger partial charge is 0.292 e. The maximum atomic E-state index is 11.0. The van der Waals surface area contributed by atoms with Gasteiger partial charge in [0.25, 0.3) is 5.69 Å². The Bertz CT molecular complexity index is 422. The van der Waals surface area contributed by atoms with Gasteiger partial charge in [0.05, 0.1) is 11.5 Å². The van der Waals surface area contributed by atoms with E-state index in [-0.39, 0.29) is 10.6 Å². The summed E-state index contributed by atoms with van der Waals surface area (Å²) in [5, 5.41) is 14.1. The summed E-state index contributed by atoms with van der Waals surface area (Å²) in [6.07, 6.45) is 4.64. The van der Waals surface area contributed by atoms with Gasteiger partial charge in [0.15, 0.2) is 0 Å². The van der Waals surface area contributed by atoms with Crippen molar-refractivity contribution >= 4 is 11.4 Å². The summed E-state index contributed by atoms with van der Waals surface area (Å²) in [5.41, 5.74) is 1.53. The van der Waals surface area contributed by atoms with Gasteiger partial charge < -0.3 is 10.1 Å². The van der Waals surface area contributed by atoms with Crippen molar-refractivity contribution in [2.45, 2.75) is 46.1 Å². The highest BCUT2D eigenvalue weighted by molar-refractivity contribution is 5.66. The minimum atomic E-state index is -0.358. The topological polar surface area (TPSA) is 64.4 Å². The molecule has 0 fully saturated rings. The number of hydrogen-bond donors (Lipinski definition) is 1. The lowest BCUT2D eigenvalue weighted by Gasteiger charge is -2.11. The molecule has 0 atom stereocenters. The van der Waals surface area contributed by atoms with Gasteiger partial charge >= 0.3 is 0 Å². The van der Waals surface area contributed by atoms with Crippen LogP contribution in [0.25, 0.3) is 0 Å². The number of rotatable bonds is 10. The molecule has 0 unspecified atom stereocenters. The van der Waals surface area contributed by atoms with E-state index in [1.807, 2.05) is 13.0 Å². The highest BCUT2D eigenvalue weighted by Gasteiger charge is 2.16. The van der Waals surface area contributed by atoms with Crippen molar-refractivity contribution < 1.29 is 9.66 Å². The Morgan fingerprint density at radius 1 is 1.25 bits per heavy atom. The largest absolute Gasteiger partial charge is 0.379 e. The van der Waals surface area contributed by atoms with Crippen molar-refractivity contribution in [1.82, 2.24) is 0 Å². The molecule has 0 radical (unpaired) electrons. The fraction of sp³-hybridized carbons (Fsp3) is 0.600. The van der Waals surface area contributed by atoms with Gasteiger partial charge in [-0.1, -0.05) is 38.3 Å². The van der Waals surface area contributed by atoms with Gasteiger partial charge in [-0.3, -0.25) is 10.1 Å². The first kappa shape index (κ1) is 16.4. The fourth-order valence-electron chi connectivity index (χ4n) is 2.05. The van der Waals surface area contributed by atoms with Crippen molar-refractivity contribution in [3.8, 4) is 0 Å². The molecule has 1 aromatic carbocycles. The molecule has 1 aromatic rings. The maximum absolute atomic E-state index is 11.0. The van der Waals surface area contributed by atoms with Crippen LogP contribution in [0.3, 0.4) is 0 Å². The van der Waals surface area contributed by atoms with Crippen LogP contribution in [0.4, 0.5) is 11.4 Å². The molecule has 0 saturated carbocycles. The zero-order valence-electron chi connectivity index (χ0n) is 12.4. The molecular weight excluding hydrogens is 256 g/mol. The average molecular weight is 280 g/mol. The van der Waals surface area contributed by atoms with Crippen molar-refractivity contribution in [3.05, 3.63) is 33.9 Å². The molecule has 1 N–H and O–H groups in total. The number of unbranched alkanes of at least 4 members (excludes halogenated alkanes) is 3. The minimum absolute atomic E-state index is 0.110. The first-order valence-electron chi connectivity index (χ1n) is 7.28. The number of nitrogens with one attached hydrogen (secondary N) is 1. The number of benzene rings is 1. The van der Waals surface area contributed by atoms with E-state index in [1.54, 1.807) is 6.07 Å². The van der Waals surface area contributed by atoms with Crippen LogP contribution in [-0.2, 0) is 11.3 Å². The zero-order chi connectivity index (χ0) is 14.8. The number of para-hydroxylation sites is 1.